The fourth-order valence-corrected chi connectivity index (χ4v) is 2.95. The van der Waals surface area contributed by atoms with E-state index >= 15 is 0 Å². The van der Waals surface area contributed by atoms with Crippen molar-refractivity contribution in [2.24, 2.45) is 5.92 Å². The predicted molar refractivity (Wildman–Crippen MR) is 79.4 cm³/mol. The van der Waals surface area contributed by atoms with E-state index in [-0.39, 0.29) is 18.0 Å². The normalized spacial score (nSPS) is 34.9. The maximum atomic E-state index is 11.9. The number of carbonyl (C=O) groups excluding carboxylic acids is 2. The Kier molecular flexibility index (Phi) is 4.66. The smallest absolute Gasteiger partial charge is 0.334 e. The number of fused-ring (bicyclic) bond motifs is 1. The Morgan fingerprint density at radius 1 is 1.38 bits per heavy atom. The first-order valence-corrected chi connectivity index (χ1v) is 7.28. The summed E-state index contributed by atoms with van der Waals surface area (Å²) in [6, 6.07) is 0. The molecule has 1 aliphatic heterocycles. The molecule has 1 saturated heterocycles. The van der Waals surface area contributed by atoms with E-state index in [0.29, 0.717) is 12.0 Å². The van der Waals surface area contributed by atoms with Gasteiger partial charge in [-0.2, -0.15) is 0 Å². The van der Waals surface area contributed by atoms with Crippen LogP contribution >= 0.6 is 0 Å². The molecule has 0 N–H and O–H groups in total. The Bertz CT molecular complexity index is 527. The van der Waals surface area contributed by atoms with Crippen molar-refractivity contribution < 1.29 is 19.1 Å². The molecule has 3 atom stereocenters. The molecule has 0 bridgehead atoms. The first kappa shape index (κ1) is 15.5. The Hall–Kier alpha value is -1.84. The maximum absolute atomic E-state index is 11.9. The highest BCUT2D eigenvalue weighted by Gasteiger charge is 2.44. The highest BCUT2D eigenvalue weighted by Crippen LogP contribution is 2.36. The molecule has 0 aromatic rings. The number of allylic oxidation sites excluding steroid dienone is 2. The first-order chi connectivity index (χ1) is 9.88. The predicted octanol–water partition coefficient (Wildman–Crippen LogP) is 3.09. The molecule has 0 spiro atoms. The zero-order chi connectivity index (χ0) is 15.6. The summed E-state index contributed by atoms with van der Waals surface area (Å²) in [6.07, 6.45) is 5.80. The number of ether oxygens (including phenoxy) is 2. The highest BCUT2D eigenvalue weighted by atomic mass is 16.6. The second-order valence-electron chi connectivity index (χ2n) is 5.88. The van der Waals surface area contributed by atoms with Gasteiger partial charge in [0.1, 0.15) is 12.2 Å². The maximum Gasteiger partial charge on any atom is 0.334 e. The van der Waals surface area contributed by atoms with Gasteiger partial charge in [0.15, 0.2) is 0 Å². The minimum absolute atomic E-state index is 0.308. The van der Waals surface area contributed by atoms with Crippen LogP contribution in [0.15, 0.2) is 35.5 Å². The zero-order valence-corrected chi connectivity index (χ0v) is 12.8. The molecule has 0 aromatic heterocycles. The average molecular weight is 290 g/mol. The van der Waals surface area contributed by atoms with Gasteiger partial charge in [0.25, 0.3) is 0 Å². The third kappa shape index (κ3) is 3.63. The number of hydrogen-bond acceptors (Lipinski definition) is 4. The summed E-state index contributed by atoms with van der Waals surface area (Å²) in [5, 5.41) is 0. The van der Waals surface area contributed by atoms with Gasteiger partial charge in [0, 0.05) is 18.9 Å². The van der Waals surface area contributed by atoms with Crippen LogP contribution in [0.4, 0.5) is 0 Å². The quantitative estimate of drug-likeness (QED) is 0.423. The van der Waals surface area contributed by atoms with Gasteiger partial charge >= 0.3 is 11.9 Å². The standard InChI is InChI=1S/C17H22O4/c1-10-6-5-7-11(2)9-15-16(12(3)17(19)21-15)14(8-10)20-13(4)18/h6,9,14-16H,3,5,7-8H2,1-2,4H3/b10-6+,11-9+/t14-,15+,16-/m0/s1. The topological polar surface area (TPSA) is 52.6 Å². The summed E-state index contributed by atoms with van der Waals surface area (Å²) in [5.41, 5.74) is 2.71. The Morgan fingerprint density at radius 3 is 2.76 bits per heavy atom. The lowest BCUT2D eigenvalue weighted by Crippen LogP contribution is -2.32. The van der Waals surface area contributed by atoms with Gasteiger partial charge in [-0.25, -0.2) is 4.79 Å². The summed E-state index contributed by atoms with van der Waals surface area (Å²) in [4.78, 5) is 23.2. The molecule has 0 radical (unpaired) electrons. The SMILES string of the molecule is C=C1C(=O)O[C@@H]2/C=C(\C)CC/C=C(\C)C[C@H](OC(C)=O)[C@H]12. The highest BCUT2D eigenvalue weighted by molar-refractivity contribution is 5.91. The van der Waals surface area contributed by atoms with Gasteiger partial charge in [-0.15, -0.1) is 0 Å². The van der Waals surface area contributed by atoms with Crippen molar-refractivity contribution in [3.63, 3.8) is 0 Å². The van der Waals surface area contributed by atoms with E-state index in [2.05, 4.69) is 12.7 Å². The molecule has 4 heteroatoms. The van der Waals surface area contributed by atoms with Crippen molar-refractivity contribution >= 4 is 11.9 Å². The largest absolute Gasteiger partial charge is 0.461 e. The minimum Gasteiger partial charge on any atom is -0.461 e. The summed E-state index contributed by atoms with van der Waals surface area (Å²) in [5.74, 6) is -1.05. The van der Waals surface area contributed by atoms with Crippen molar-refractivity contribution in [1.82, 2.24) is 0 Å². The molecule has 0 saturated carbocycles. The van der Waals surface area contributed by atoms with Crippen LogP contribution in [0.5, 0.6) is 0 Å². The molecule has 21 heavy (non-hydrogen) atoms. The van der Waals surface area contributed by atoms with E-state index in [1.807, 2.05) is 19.9 Å². The van der Waals surface area contributed by atoms with E-state index in [0.717, 1.165) is 18.4 Å². The average Bonchev–Trinajstić information content (AvgIpc) is 2.62. The molecule has 4 nitrogen and oxygen atoms in total. The summed E-state index contributed by atoms with van der Waals surface area (Å²) in [6.45, 7) is 9.27. The summed E-state index contributed by atoms with van der Waals surface area (Å²) < 4.78 is 10.9. The van der Waals surface area contributed by atoms with Crippen LogP contribution in [0.2, 0.25) is 0 Å². The second kappa shape index (κ2) is 6.29. The van der Waals surface area contributed by atoms with Crippen molar-refractivity contribution in [3.05, 3.63) is 35.5 Å². The van der Waals surface area contributed by atoms with Crippen LogP contribution in [0, 0.1) is 5.92 Å². The van der Waals surface area contributed by atoms with E-state index in [1.54, 1.807) is 0 Å². The number of hydrogen-bond donors (Lipinski definition) is 0. The van der Waals surface area contributed by atoms with Gasteiger partial charge in [-0.05, 0) is 32.8 Å². The van der Waals surface area contributed by atoms with Gasteiger partial charge in [-0.1, -0.05) is 23.8 Å². The van der Waals surface area contributed by atoms with Crippen LogP contribution in [0.1, 0.15) is 40.0 Å². The van der Waals surface area contributed by atoms with Crippen LogP contribution < -0.4 is 0 Å². The van der Waals surface area contributed by atoms with Gasteiger partial charge in [0.05, 0.1) is 5.92 Å². The van der Waals surface area contributed by atoms with E-state index < -0.39 is 12.1 Å². The molecule has 2 rings (SSSR count). The van der Waals surface area contributed by atoms with Crippen molar-refractivity contribution in [2.45, 2.75) is 52.2 Å². The number of carbonyl (C=O) groups is 2. The molecule has 1 aliphatic carbocycles. The molecule has 0 unspecified atom stereocenters. The van der Waals surface area contributed by atoms with Gasteiger partial charge in [-0.3, -0.25) is 4.79 Å². The van der Waals surface area contributed by atoms with Crippen molar-refractivity contribution in [3.8, 4) is 0 Å². The molecule has 1 heterocycles. The molecule has 1 fully saturated rings. The van der Waals surface area contributed by atoms with Crippen molar-refractivity contribution in [1.29, 1.82) is 0 Å². The number of rotatable bonds is 1. The lowest BCUT2D eigenvalue weighted by Gasteiger charge is -2.26. The van der Waals surface area contributed by atoms with Crippen LogP contribution in [-0.2, 0) is 19.1 Å². The molecule has 0 amide bonds. The van der Waals surface area contributed by atoms with Crippen LogP contribution in [0.25, 0.3) is 0 Å². The Labute approximate surface area is 125 Å². The summed E-state index contributed by atoms with van der Waals surface area (Å²) in [7, 11) is 0. The van der Waals surface area contributed by atoms with Crippen LogP contribution in [-0.4, -0.2) is 24.1 Å². The van der Waals surface area contributed by atoms with Gasteiger partial charge in [0.2, 0.25) is 0 Å². The fraction of sp³-hybridized carbons (Fsp3) is 0.529. The minimum atomic E-state index is -0.412. The van der Waals surface area contributed by atoms with Crippen molar-refractivity contribution in [2.75, 3.05) is 0 Å². The molecule has 0 aromatic carbocycles. The van der Waals surface area contributed by atoms with Gasteiger partial charge < -0.3 is 9.47 Å². The monoisotopic (exact) mass is 290 g/mol. The lowest BCUT2D eigenvalue weighted by molar-refractivity contribution is -0.149. The third-order valence-corrected chi connectivity index (χ3v) is 3.98. The molecule has 114 valence electrons. The van der Waals surface area contributed by atoms with E-state index in [1.165, 1.54) is 12.5 Å². The molecular formula is C17H22O4. The molecular weight excluding hydrogens is 268 g/mol. The summed E-state index contributed by atoms with van der Waals surface area (Å²) >= 11 is 0. The Morgan fingerprint density at radius 2 is 2.10 bits per heavy atom. The lowest BCUT2D eigenvalue weighted by atomic mass is 9.85. The fourth-order valence-electron chi connectivity index (χ4n) is 2.95. The third-order valence-electron chi connectivity index (χ3n) is 3.98. The Balaban J connectivity index is 2.39. The van der Waals surface area contributed by atoms with Crippen LogP contribution in [0.3, 0.4) is 0 Å². The first-order valence-electron chi connectivity index (χ1n) is 7.28. The second-order valence-corrected chi connectivity index (χ2v) is 5.88. The number of esters is 2. The molecule has 2 aliphatic rings. The van der Waals surface area contributed by atoms with E-state index in [4.69, 9.17) is 9.47 Å². The van der Waals surface area contributed by atoms with E-state index in [9.17, 15) is 9.59 Å². The zero-order valence-electron chi connectivity index (χ0n) is 12.8.